The van der Waals surface area contributed by atoms with Gasteiger partial charge in [-0.1, -0.05) is 37.9 Å². The second-order valence-electron chi connectivity index (χ2n) is 4.12. The molecular weight excluding hydrogens is 406 g/mol. The van der Waals surface area contributed by atoms with Gasteiger partial charge in [0.05, 0.1) is 5.69 Å². The first kappa shape index (κ1) is 15.5. The van der Waals surface area contributed by atoms with Crippen molar-refractivity contribution in [3.05, 3.63) is 56.5 Å². The first-order chi connectivity index (χ1) is 9.88. The summed E-state index contributed by atoms with van der Waals surface area (Å²) in [6, 6.07) is 9.11. The summed E-state index contributed by atoms with van der Waals surface area (Å²) in [5.74, 6) is -2.21. The number of phenols is 1. The molecule has 7 heteroatoms. The lowest BCUT2D eigenvalue weighted by Crippen LogP contribution is -2.13. The van der Waals surface area contributed by atoms with Crippen molar-refractivity contribution in [1.29, 1.82) is 0 Å². The molecule has 108 valence electrons. The summed E-state index contributed by atoms with van der Waals surface area (Å²) in [5.41, 5.74) is 0.121. The number of halogens is 2. The number of amides is 1. The summed E-state index contributed by atoms with van der Waals surface area (Å²) in [5, 5.41) is 21.3. The van der Waals surface area contributed by atoms with Crippen LogP contribution in [0.5, 0.6) is 5.75 Å². The maximum absolute atomic E-state index is 12.1. The normalized spacial score (nSPS) is 10.2. The smallest absolute Gasteiger partial charge is 0.339 e. The Bertz CT molecular complexity index is 711. The fraction of sp³-hybridized carbons (Fsp3) is 0. The first-order valence-corrected chi connectivity index (χ1v) is 7.30. The largest absolute Gasteiger partial charge is 0.505 e. The zero-order chi connectivity index (χ0) is 15.6. The lowest BCUT2D eigenvalue weighted by molar-refractivity contribution is 0.0693. The van der Waals surface area contributed by atoms with E-state index in [1.807, 2.05) is 0 Å². The Kier molecular flexibility index (Phi) is 4.64. The zero-order valence-electron chi connectivity index (χ0n) is 10.4. The third kappa shape index (κ3) is 3.62. The predicted molar refractivity (Wildman–Crippen MR) is 84.9 cm³/mol. The van der Waals surface area contributed by atoms with Crippen molar-refractivity contribution < 1.29 is 19.8 Å². The van der Waals surface area contributed by atoms with Crippen LogP contribution in [0.15, 0.2) is 45.3 Å². The number of para-hydroxylation sites is 1. The molecule has 0 radical (unpaired) electrons. The van der Waals surface area contributed by atoms with Crippen molar-refractivity contribution in [2.45, 2.75) is 0 Å². The summed E-state index contributed by atoms with van der Waals surface area (Å²) < 4.78 is 1.43. The van der Waals surface area contributed by atoms with Gasteiger partial charge in [-0.25, -0.2) is 4.79 Å². The van der Waals surface area contributed by atoms with Gasteiger partial charge in [0.25, 0.3) is 5.91 Å². The molecule has 0 aromatic heterocycles. The van der Waals surface area contributed by atoms with Crippen molar-refractivity contribution in [1.82, 2.24) is 0 Å². The van der Waals surface area contributed by atoms with Gasteiger partial charge in [0.2, 0.25) is 0 Å². The van der Waals surface area contributed by atoms with Gasteiger partial charge < -0.3 is 15.5 Å². The standard InChI is InChI=1S/C14H9Br2NO4/c15-8-4-7(5-9(16)6-8)13(19)17-11-3-1-2-10(12(11)18)14(20)21/h1-6,18H,(H,17,19)(H,20,21). The van der Waals surface area contributed by atoms with E-state index in [-0.39, 0.29) is 11.3 Å². The average Bonchev–Trinajstić information content (AvgIpc) is 2.39. The van der Waals surface area contributed by atoms with E-state index >= 15 is 0 Å². The van der Waals surface area contributed by atoms with Gasteiger partial charge in [0, 0.05) is 14.5 Å². The van der Waals surface area contributed by atoms with Crippen LogP contribution in [0, 0.1) is 0 Å². The van der Waals surface area contributed by atoms with Crippen LogP contribution in [0.4, 0.5) is 5.69 Å². The molecule has 2 aromatic carbocycles. The number of carbonyl (C=O) groups is 2. The van der Waals surface area contributed by atoms with Crippen LogP contribution in [-0.4, -0.2) is 22.1 Å². The van der Waals surface area contributed by atoms with Gasteiger partial charge in [-0.2, -0.15) is 0 Å². The molecule has 0 saturated heterocycles. The molecule has 21 heavy (non-hydrogen) atoms. The van der Waals surface area contributed by atoms with Crippen LogP contribution in [0.3, 0.4) is 0 Å². The molecule has 1 amide bonds. The quantitative estimate of drug-likeness (QED) is 0.665. The van der Waals surface area contributed by atoms with E-state index in [0.717, 1.165) is 0 Å². The molecule has 2 rings (SSSR count). The van der Waals surface area contributed by atoms with Gasteiger partial charge in [0.15, 0.2) is 5.75 Å². The lowest BCUT2D eigenvalue weighted by atomic mass is 10.1. The minimum atomic E-state index is -1.27. The van der Waals surface area contributed by atoms with Crippen molar-refractivity contribution >= 4 is 49.4 Å². The molecule has 0 aliphatic heterocycles. The predicted octanol–water partition coefficient (Wildman–Crippen LogP) is 3.87. The highest BCUT2D eigenvalue weighted by Crippen LogP contribution is 2.28. The number of carboxylic acids is 1. The van der Waals surface area contributed by atoms with E-state index in [2.05, 4.69) is 37.2 Å². The Balaban J connectivity index is 2.32. The van der Waals surface area contributed by atoms with E-state index in [0.29, 0.717) is 14.5 Å². The van der Waals surface area contributed by atoms with Gasteiger partial charge in [0.1, 0.15) is 5.56 Å². The fourth-order valence-corrected chi connectivity index (χ4v) is 2.99. The Labute approximate surface area is 136 Å². The Morgan fingerprint density at radius 2 is 1.67 bits per heavy atom. The Morgan fingerprint density at radius 1 is 1.05 bits per heavy atom. The van der Waals surface area contributed by atoms with E-state index < -0.39 is 17.6 Å². The number of aromatic hydroxyl groups is 1. The maximum atomic E-state index is 12.1. The molecule has 0 unspecified atom stereocenters. The average molecular weight is 415 g/mol. The molecule has 0 aliphatic rings. The van der Waals surface area contributed by atoms with E-state index in [4.69, 9.17) is 5.11 Å². The summed E-state index contributed by atoms with van der Waals surface area (Å²) >= 11 is 6.55. The molecule has 0 heterocycles. The van der Waals surface area contributed by atoms with Crippen LogP contribution < -0.4 is 5.32 Å². The van der Waals surface area contributed by atoms with Gasteiger partial charge in [-0.3, -0.25) is 4.79 Å². The highest BCUT2D eigenvalue weighted by molar-refractivity contribution is 9.11. The van der Waals surface area contributed by atoms with Crippen LogP contribution >= 0.6 is 31.9 Å². The molecule has 0 spiro atoms. The fourth-order valence-electron chi connectivity index (χ4n) is 1.70. The summed E-state index contributed by atoms with van der Waals surface area (Å²) in [6.45, 7) is 0. The van der Waals surface area contributed by atoms with E-state index in [1.54, 1.807) is 18.2 Å². The van der Waals surface area contributed by atoms with Crippen LogP contribution in [-0.2, 0) is 0 Å². The van der Waals surface area contributed by atoms with Crippen molar-refractivity contribution in [3.8, 4) is 5.75 Å². The van der Waals surface area contributed by atoms with E-state index in [9.17, 15) is 14.7 Å². The minimum Gasteiger partial charge on any atom is -0.505 e. The van der Waals surface area contributed by atoms with Crippen LogP contribution in [0.2, 0.25) is 0 Å². The van der Waals surface area contributed by atoms with Crippen LogP contribution in [0.25, 0.3) is 0 Å². The summed E-state index contributed by atoms with van der Waals surface area (Å²) in [6.07, 6.45) is 0. The van der Waals surface area contributed by atoms with Crippen molar-refractivity contribution in [3.63, 3.8) is 0 Å². The van der Waals surface area contributed by atoms with Crippen molar-refractivity contribution in [2.75, 3.05) is 5.32 Å². The topological polar surface area (TPSA) is 86.6 Å². The Hall–Kier alpha value is -1.86. The molecule has 5 nitrogen and oxygen atoms in total. The Morgan fingerprint density at radius 3 is 2.24 bits per heavy atom. The maximum Gasteiger partial charge on any atom is 0.339 e. The first-order valence-electron chi connectivity index (χ1n) is 5.71. The molecule has 0 aliphatic carbocycles. The van der Waals surface area contributed by atoms with Crippen LogP contribution in [0.1, 0.15) is 20.7 Å². The molecule has 3 N–H and O–H groups in total. The van der Waals surface area contributed by atoms with Gasteiger partial charge >= 0.3 is 5.97 Å². The molecule has 0 atom stereocenters. The second-order valence-corrected chi connectivity index (χ2v) is 5.95. The number of carboxylic acid groups (broad SMARTS) is 1. The number of nitrogens with one attached hydrogen (secondary N) is 1. The highest BCUT2D eigenvalue weighted by Gasteiger charge is 2.15. The van der Waals surface area contributed by atoms with Gasteiger partial charge in [-0.05, 0) is 30.3 Å². The zero-order valence-corrected chi connectivity index (χ0v) is 13.6. The van der Waals surface area contributed by atoms with E-state index in [1.165, 1.54) is 18.2 Å². The third-order valence-corrected chi connectivity index (χ3v) is 3.56. The number of carbonyl (C=O) groups excluding carboxylic acids is 1. The summed E-state index contributed by atoms with van der Waals surface area (Å²) in [7, 11) is 0. The SMILES string of the molecule is O=C(Nc1cccc(C(=O)O)c1O)c1cc(Br)cc(Br)c1. The molecule has 0 bridgehead atoms. The molecule has 0 saturated carbocycles. The third-order valence-electron chi connectivity index (χ3n) is 2.64. The molecular formula is C14H9Br2NO4. The number of rotatable bonds is 3. The number of hydrogen-bond acceptors (Lipinski definition) is 3. The second kappa shape index (κ2) is 6.28. The number of anilines is 1. The number of hydrogen-bond donors (Lipinski definition) is 3. The number of aromatic carboxylic acids is 1. The highest BCUT2D eigenvalue weighted by atomic mass is 79.9. The monoisotopic (exact) mass is 413 g/mol. The van der Waals surface area contributed by atoms with Gasteiger partial charge in [-0.15, -0.1) is 0 Å². The minimum absolute atomic E-state index is 0.0380. The molecule has 2 aromatic rings. The lowest BCUT2D eigenvalue weighted by Gasteiger charge is -2.09. The number of benzene rings is 2. The van der Waals surface area contributed by atoms with Crippen molar-refractivity contribution in [2.24, 2.45) is 0 Å². The summed E-state index contributed by atoms with van der Waals surface area (Å²) in [4.78, 5) is 23.1. The molecule has 0 fully saturated rings.